The van der Waals surface area contributed by atoms with E-state index >= 15 is 0 Å². The lowest BCUT2D eigenvalue weighted by atomic mass is 9.90. The Balaban J connectivity index is 3.22. The molecular weight excluding hydrogens is 256 g/mol. The highest BCUT2D eigenvalue weighted by Crippen LogP contribution is 2.33. The van der Waals surface area contributed by atoms with Crippen molar-refractivity contribution < 1.29 is 32.6 Å². The Morgan fingerprint density at radius 2 is 1.78 bits per heavy atom. The van der Waals surface area contributed by atoms with Gasteiger partial charge in [-0.05, 0) is 24.6 Å². The zero-order valence-electron chi connectivity index (χ0n) is 9.20. The zero-order chi connectivity index (χ0) is 14.1. The molecule has 7 heteroatoms. The number of aliphatic hydroxyl groups is 1. The van der Waals surface area contributed by atoms with Crippen LogP contribution in [0.2, 0.25) is 0 Å². The number of alkyl halides is 4. The molecule has 3 nitrogen and oxygen atoms in total. The molecule has 2 N–H and O–H groups in total. The van der Waals surface area contributed by atoms with E-state index in [1.165, 1.54) is 0 Å². The van der Waals surface area contributed by atoms with Crippen molar-refractivity contribution in [1.82, 2.24) is 0 Å². The van der Waals surface area contributed by atoms with Gasteiger partial charge in [-0.1, -0.05) is 12.1 Å². The number of rotatable bonds is 3. The minimum atomic E-state index is -4.65. The van der Waals surface area contributed by atoms with E-state index in [2.05, 4.69) is 0 Å². The van der Waals surface area contributed by atoms with Gasteiger partial charge in [0.2, 0.25) is 6.17 Å². The van der Waals surface area contributed by atoms with E-state index in [-0.39, 0.29) is 0 Å². The van der Waals surface area contributed by atoms with E-state index in [1.807, 2.05) is 0 Å². The normalized spacial score (nSPS) is 17.0. The molecule has 0 fully saturated rings. The van der Waals surface area contributed by atoms with Gasteiger partial charge in [0.25, 0.3) is 0 Å². The van der Waals surface area contributed by atoms with Crippen molar-refractivity contribution in [3.8, 4) is 0 Å². The molecule has 2 atom stereocenters. The first-order valence-corrected chi connectivity index (χ1v) is 4.84. The molecule has 0 saturated heterocycles. The quantitative estimate of drug-likeness (QED) is 0.825. The SMILES string of the molecule is CC(O)(c1cccc(C(F)(F)F)c1)C(F)C(=O)O. The second kappa shape index (κ2) is 4.56. The van der Waals surface area contributed by atoms with Crippen molar-refractivity contribution in [2.45, 2.75) is 24.9 Å². The Labute approximate surface area is 99.7 Å². The van der Waals surface area contributed by atoms with Gasteiger partial charge in [0.15, 0.2) is 0 Å². The average Bonchev–Trinajstić information content (AvgIpc) is 2.27. The molecule has 1 aromatic rings. The zero-order valence-corrected chi connectivity index (χ0v) is 9.20. The van der Waals surface area contributed by atoms with Gasteiger partial charge in [-0.3, -0.25) is 0 Å². The van der Waals surface area contributed by atoms with Crippen LogP contribution in [-0.2, 0) is 16.6 Å². The van der Waals surface area contributed by atoms with E-state index in [0.29, 0.717) is 6.07 Å². The van der Waals surface area contributed by atoms with Crippen LogP contribution in [0.5, 0.6) is 0 Å². The summed E-state index contributed by atoms with van der Waals surface area (Å²) in [4.78, 5) is 10.4. The third-order valence-corrected chi connectivity index (χ3v) is 2.48. The molecule has 0 aliphatic carbocycles. The van der Waals surface area contributed by atoms with Crippen molar-refractivity contribution in [3.05, 3.63) is 35.4 Å². The average molecular weight is 266 g/mol. The van der Waals surface area contributed by atoms with Crippen molar-refractivity contribution in [2.75, 3.05) is 0 Å². The van der Waals surface area contributed by atoms with Crippen LogP contribution in [0.25, 0.3) is 0 Å². The molecule has 1 aromatic carbocycles. The van der Waals surface area contributed by atoms with Gasteiger partial charge in [-0.15, -0.1) is 0 Å². The Bertz CT molecular complexity index is 454. The van der Waals surface area contributed by atoms with Crippen LogP contribution >= 0.6 is 0 Å². The molecule has 1 rings (SSSR count). The summed E-state index contributed by atoms with van der Waals surface area (Å²) in [6.07, 6.45) is -7.37. The fourth-order valence-corrected chi connectivity index (χ4v) is 1.40. The molecule has 0 bridgehead atoms. The third kappa shape index (κ3) is 2.79. The van der Waals surface area contributed by atoms with Crippen molar-refractivity contribution >= 4 is 5.97 Å². The van der Waals surface area contributed by atoms with Crippen molar-refractivity contribution in [3.63, 3.8) is 0 Å². The highest BCUT2D eigenvalue weighted by molar-refractivity contribution is 5.74. The lowest BCUT2D eigenvalue weighted by molar-refractivity contribution is -0.153. The third-order valence-electron chi connectivity index (χ3n) is 2.48. The topological polar surface area (TPSA) is 57.5 Å². The lowest BCUT2D eigenvalue weighted by Gasteiger charge is -2.25. The predicted octanol–water partition coefficient (Wildman–Crippen LogP) is 2.34. The van der Waals surface area contributed by atoms with Gasteiger partial charge in [0.1, 0.15) is 5.60 Å². The summed E-state index contributed by atoms with van der Waals surface area (Å²) in [5.74, 6) is -1.95. The first kappa shape index (κ1) is 14.4. The second-order valence-corrected chi connectivity index (χ2v) is 3.93. The second-order valence-electron chi connectivity index (χ2n) is 3.93. The van der Waals surface area contributed by atoms with Crippen LogP contribution in [0.3, 0.4) is 0 Å². The first-order valence-electron chi connectivity index (χ1n) is 4.84. The van der Waals surface area contributed by atoms with Gasteiger partial charge in [0.05, 0.1) is 5.56 Å². The van der Waals surface area contributed by atoms with E-state index in [1.54, 1.807) is 0 Å². The summed E-state index contributed by atoms with van der Waals surface area (Å²) in [5.41, 5.74) is -4.07. The molecule has 0 aliphatic rings. The van der Waals surface area contributed by atoms with E-state index in [4.69, 9.17) is 5.11 Å². The van der Waals surface area contributed by atoms with Crippen LogP contribution in [0, 0.1) is 0 Å². The van der Waals surface area contributed by atoms with Crippen molar-refractivity contribution in [2.24, 2.45) is 0 Å². The van der Waals surface area contributed by atoms with Gasteiger partial charge in [-0.2, -0.15) is 13.2 Å². The molecule has 18 heavy (non-hydrogen) atoms. The summed E-state index contributed by atoms with van der Waals surface area (Å²) in [7, 11) is 0. The highest BCUT2D eigenvalue weighted by atomic mass is 19.4. The number of benzene rings is 1. The van der Waals surface area contributed by atoms with Gasteiger partial charge in [0, 0.05) is 0 Å². The first-order chi connectivity index (χ1) is 8.06. The van der Waals surface area contributed by atoms with Crippen LogP contribution in [-0.4, -0.2) is 22.4 Å². The van der Waals surface area contributed by atoms with E-state index in [0.717, 1.165) is 25.1 Å². The summed E-state index contributed by atoms with van der Waals surface area (Å²) < 4.78 is 50.6. The van der Waals surface area contributed by atoms with Crippen molar-refractivity contribution in [1.29, 1.82) is 0 Å². The largest absolute Gasteiger partial charge is 0.479 e. The highest BCUT2D eigenvalue weighted by Gasteiger charge is 2.41. The molecule has 0 saturated carbocycles. The number of hydrogen-bond acceptors (Lipinski definition) is 2. The molecule has 0 radical (unpaired) electrons. The van der Waals surface area contributed by atoms with Crippen LogP contribution < -0.4 is 0 Å². The Morgan fingerprint density at radius 3 is 2.22 bits per heavy atom. The Kier molecular flexibility index (Phi) is 3.66. The smallest absolute Gasteiger partial charge is 0.416 e. The summed E-state index contributed by atoms with van der Waals surface area (Å²) in [6, 6.07) is 3.27. The Hall–Kier alpha value is -1.63. The summed E-state index contributed by atoms with van der Waals surface area (Å²) >= 11 is 0. The van der Waals surface area contributed by atoms with Gasteiger partial charge >= 0.3 is 12.1 Å². The lowest BCUT2D eigenvalue weighted by Crippen LogP contribution is -2.39. The molecule has 0 amide bonds. The number of halogens is 4. The number of carboxylic acid groups (broad SMARTS) is 1. The number of hydrogen-bond donors (Lipinski definition) is 2. The Morgan fingerprint density at radius 1 is 1.28 bits per heavy atom. The maximum absolute atomic E-state index is 13.3. The van der Waals surface area contributed by atoms with E-state index < -0.39 is 35.0 Å². The minimum absolute atomic E-state index is 0.452. The number of carboxylic acids is 1. The summed E-state index contributed by atoms with van der Waals surface area (Å²) in [5, 5.41) is 18.1. The molecule has 0 heterocycles. The maximum atomic E-state index is 13.3. The monoisotopic (exact) mass is 266 g/mol. The molecule has 100 valence electrons. The molecule has 0 aromatic heterocycles. The van der Waals surface area contributed by atoms with E-state index in [9.17, 15) is 27.5 Å². The fourth-order valence-electron chi connectivity index (χ4n) is 1.40. The minimum Gasteiger partial charge on any atom is -0.479 e. The van der Waals surface area contributed by atoms with Crippen LogP contribution in [0.15, 0.2) is 24.3 Å². The predicted molar refractivity (Wildman–Crippen MR) is 53.5 cm³/mol. The van der Waals surface area contributed by atoms with Gasteiger partial charge < -0.3 is 10.2 Å². The number of carbonyl (C=O) groups is 1. The van der Waals surface area contributed by atoms with Crippen LogP contribution in [0.1, 0.15) is 18.1 Å². The summed E-state index contributed by atoms with van der Waals surface area (Å²) in [6.45, 7) is 0.807. The van der Waals surface area contributed by atoms with Crippen LogP contribution in [0.4, 0.5) is 17.6 Å². The molecular formula is C11H10F4O3. The standard InChI is InChI=1S/C11H10F4O3/c1-10(18,8(12)9(16)17)6-3-2-4-7(5-6)11(13,14)15/h2-5,8,18H,1H3,(H,16,17). The molecule has 0 aliphatic heterocycles. The molecule has 2 unspecified atom stereocenters. The van der Waals surface area contributed by atoms with Gasteiger partial charge in [-0.25, -0.2) is 9.18 Å². The maximum Gasteiger partial charge on any atom is 0.416 e. The number of aliphatic carboxylic acids is 1. The molecule has 0 spiro atoms. The fraction of sp³-hybridized carbons (Fsp3) is 0.364.